The smallest absolute Gasteiger partial charge is 0.329 e. The predicted octanol–water partition coefficient (Wildman–Crippen LogP) is 3.88. The van der Waals surface area contributed by atoms with Crippen LogP contribution in [-0.2, 0) is 9.59 Å². The largest absolute Gasteiger partial charge is 0.457 e. The van der Waals surface area contributed by atoms with Crippen LogP contribution >= 0.6 is 0 Å². The molecule has 2 amide bonds. The van der Waals surface area contributed by atoms with Crippen molar-refractivity contribution in [3.8, 4) is 11.5 Å². The fourth-order valence-electron chi connectivity index (χ4n) is 2.32. The fourth-order valence-corrected chi connectivity index (χ4v) is 2.32. The van der Waals surface area contributed by atoms with Crippen LogP contribution in [0.1, 0.15) is 11.1 Å². The number of aryl methyl sites for hydroxylation is 1. The number of carbonyl (C=O) groups excluding carboxylic acids is 2. The molecule has 0 aliphatic carbocycles. The Bertz CT molecular complexity index is 983. The average molecular weight is 373 g/mol. The van der Waals surface area contributed by atoms with Gasteiger partial charge in [0.25, 0.3) is 0 Å². The molecule has 0 aromatic heterocycles. The Morgan fingerprint density at radius 2 is 1.57 bits per heavy atom. The molecule has 2 N–H and O–H groups in total. The number of hydrazone groups is 1. The van der Waals surface area contributed by atoms with Crippen molar-refractivity contribution in [3.63, 3.8) is 0 Å². The molecule has 28 heavy (non-hydrogen) atoms. The van der Waals surface area contributed by atoms with Crippen LogP contribution in [-0.4, -0.2) is 18.0 Å². The van der Waals surface area contributed by atoms with E-state index in [4.69, 9.17) is 4.74 Å². The summed E-state index contributed by atoms with van der Waals surface area (Å²) in [4.78, 5) is 23.7. The highest BCUT2D eigenvalue weighted by Gasteiger charge is 2.12. The Hall–Kier alpha value is -3.93. The number of benzene rings is 3. The van der Waals surface area contributed by atoms with Gasteiger partial charge in [0.05, 0.1) is 6.21 Å². The van der Waals surface area contributed by atoms with Crippen LogP contribution in [0.25, 0.3) is 0 Å². The zero-order chi connectivity index (χ0) is 19.8. The van der Waals surface area contributed by atoms with Gasteiger partial charge in [0.2, 0.25) is 0 Å². The lowest BCUT2D eigenvalue weighted by molar-refractivity contribution is -0.136. The summed E-state index contributed by atoms with van der Waals surface area (Å²) in [5, 5.41) is 6.33. The van der Waals surface area contributed by atoms with Crippen molar-refractivity contribution in [2.24, 2.45) is 5.10 Å². The van der Waals surface area contributed by atoms with E-state index in [1.54, 1.807) is 24.3 Å². The number of rotatable bonds is 5. The molecular weight excluding hydrogens is 354 g/mol. The van der Waals surface area contributed by atoms with Crippen LogP contribution in [0, 0.1) is 6.92 Å². The van der Waals surface area contributed by atoms with E-state index in [9.17, 15) is 9.59 Å². The molecular formula is C22H19N3O3. The number of nitrogens with zero attached hydrogens (tertiary/aromatic N) is 1. The molecule has 3 aromatic carbocycles. The van der Waals surface area contributed by atoms with E-state index < -0.39 is 11.8 Å². The van der Waals surface area contributed by atoms with Crippen molar-refractivity contribution in [2.45, 2.75) is 6.92 Å². The highest BCUT2D eigenvalue weighted by molar-refractivity contribution is 6.39. The highest BCUT2D eigenvalue weighted by atomic mass is 16.5. The normalized spacial score (nSPS) is 10.5. The van der Waals surface area contributed by atoms with Gasteiger partial charge in [-0.05, 0) is 48.9 Å². The number of para-hydroxylation sites is 1. The summed E-state index contributed by atoms with van der Waals surface area (Å²) in [6.45, 7) is 1.94. The third-order valence-electron chi connectivity index (χ3n) is 3.73. The van der Waals surface area contributed by atoms with Crippen LogP contribution in [0.3, 0.4) is 0 Å². The predicted molar refractivity (Wildman–Crippen MR) is 109 cm³/mol. The maximum absolute atomic E-state index is 11.9. The maximum Gasteiger partial charge on any atom is 0.329 e. The molecule has 6 heteroatoms. The molecule has 3 rings (SSSR count). The molecule has 6 nitrogen and oxygen atoms in total. The van der Waals surface area contributed by atoms with Gasteiger partial charge >= 0.3 is 11.8 Å². The summed E-state index contributed by atoms with van der Waals surface area (Å²) >= 11 is 0. The van der Waals surface area contributed by atoms with Gasteiger partial charge in [-0.15, -0.1) is 0 Å². The van der Waals surface area contributed by atoms with E-state index in [2.05, 4.69) is 15.8 Å². The molecule has 0 saturated carbocycles. The molecule has 0 saturated heterocycles. The Balaban J connectivity index is 1.55. The van der Waals surface area contributed by atoms with Crippen molar-refractivity contribution in [3.05, 3.63) is 90.0 Å². The molecule has 0 atom stereocenters. The number of carbonyl (C=O) groups is 2. The van der Waals surface area contributed by atoms with E-state index in [0.29, 0.717) is 17.0 Å². The second-order valence-electron chi connectivity index (χ2n) is 6.01. The molecule has 0 unspecified atom stereocenters. The van der Waals surface area contributed by atoms with E-state index in [1.165, 1.54) is 6.21 Å². The average Bonchev–Trinajstić information content (AvgIpc) is 2.71. The second kappa shape index (κ2) is 9.14. The Morgan fingerprint density at radius 1 is 0.857 bits per heavy atom. The Labute approximate surface area is 162 Å². The van der Waals surface area contributed by atoms with Crippen molar-refractivity contribution < 1.29 is 14.3 Å². The number of hydrogen-bond donors (Lipinski definition) is 2. The minimum atomic E-state index is -0.853. The molecule has 0 bridgehead atoms. The van der Waals surface area contributed by atoms with Gasteiger partial charge in [-0.25, -0.2) is 5.43 Å². The quantitative estimate of drug-likeness (QED) is 0.405. The van der Waals surface area contributed by atoms with E-state index in [1.807, 2.05) is 61.5 Å². The lowest BCUT2D eigenvalue weighted by Gasteiger charge is -2.06. The maximum atomic E-state index is 11.9. The molecule has 0 heterocycles. The van der Waals surface area contributed by atoms with E-state index >= 15 is 0 Å². The first-order valence-electron chi connectivity index (χ1n) is 8.64. The van der Waals surface area contributed by atoms with Crippen molar-refractivity contribution >= 4 is 23.7 Å². The van der Waals surface area contributed by atoms with E-state index in [-0.39, 0.29) is 0 Å². The lowest BCUT2D eigenvalue weighted by Crippen LogP contribution is -2.32. The zero-order valence-corrected chi connectivity index (χ0v) is 15.3. The molecule has 0 aliphatic heterocycles. The molecule has 0 aliphatic rings. The van der Waals surface area contributed by atoms with Crippen molar-refractivity contribution in [2.75, 3.05) is 5.32 Å². The first-order chi connectivity index (χ1) is 13.6. The standard InChI is InChI=1S/C22H19N3O3/c1-16-10-12-18(13-11-16)24-21(26)22(27)25-23-15-17-6-5-9-20(14-17)28-19-7-3-2-4-8-19/h2-15H,1H3,(H,24,26)(H,25,27)/b23-15+. The van der Waals surface area contributed by atoms with Crippen LogP contribution in [0.15, 0.2) is 84.0 Å². The van der Waals surface area contributed by atoms with Gasteiger partial charge in [0.15, 0.2) is 0 Å². The number of nitrogens with one attached hydrogen (secondary N) is 2. The van der Waals surface area contributed by atoms with Crippen molar-refractivity contribution in [1.29, 1.82) is 0 Å². The molecule has 0 spiro atoms. The Morgan fingerprint density at radius 3 is 2.32 bits per heavy atom. The third-order valence-corrected chi connectivity index (χ3v) is 3.73. The summed E-state index contributed by atoms with van der Waals surface area (Å²) in [5.41, 5.74) is 4.53. The molecule has 0 fully saturated rings. The SMILES string of the molecule is Cc1ccc(NC(=O)C(=O)N/N=C/c2cccc(Oc3ccccc3)c2)cc1. The van der Waals surface area contributed by atoms with Gasteiger partial charge in [0, 0.05) is 5.69 Å². The summed E-state index contributed by atoms with van der Waals surface area (Å²) in [5.74, 6) is -0.285. The number of ether oxygens (including phenoxy) is 1. The van der Waals surface area contributed by atoms with Gasteiger partial charge in [0.1, 0.15) is 11.5 Å². The van der Waals surface area contributed by atoms with E-state index in [0.717, 1.165) is 11.3 Å². The first-order valence-corrected chi connectivity index (χ1v) is 8.64. The minimum absolute atomic E-state index is 0.542. The van der Waals surface area contributed by atoms with Gasteiger partial charge < -0.3 is 10.1 Å². The topological polar surface area (TPSA) is 79.8 Å². The van der Waals surface area contributed by atoms with Crippen LogP contribution in [0.4, 0.5) is 5.69 Å². The van der Waals surface area contributed by atoms with Crippen LogP contribution < -0.4 is 15.5 Å². The summed E-state index contributed by atoms with van der Waals surface area (Å²) in [6, 6.07) is 23.7. The van der Waals surface area contributed by atoms with Crippen LogP contribution in [0.5, 0.6) is 11.5 Å². The summed E-state index contributed by atoms with van der Waals surface area (Å²) < 4.78 is 5.75. The van der Waals surface area contributed by atoms with Gasteiger partial charge in [-0.1, -0.05) is 48.0 Å². The molecule has 0 radical (unpaired) electrons. The number of anilines is 1. The lowest BCUT2D eigenvalue weighted by atomic mass is 10.2. The monoisotopic (exact) mass is 373 g/mol. The Kier molecular flexibility index (Phi) is 6.15. The number of hydrogen-bond acceptors (Lipinski definition) is 4. The molecule has 3 aromatic rings. The van der Waals surface area contributed by atoms with Crippen molar-refractivity contribution in [1.82, 2.24) is 5.43 Å². The minimum Gasteiger partial charge on any atom is -0.457 e. The third kappa shape index (κ3) is 5.54. The fraction of sp³-hybridized carbons (Fsp3) is 0.0455. The first kappa shape index (κ1) is 18.8. The zero-order valence-electron chi connectivity index (χ0n) is 15.3. The number of amides is 2. The van der Waals surface area contributed by atoms with Crippen LogP contribution in [0.2, 0.25) is 0 Å². The summed E-state index contributed by atoms with van der Waals surface area (Å²) in [6.07, 6.45) is 1.44. The van der Waals surface area contributed by atoms with Gasteiger partial charge in [-0.3, -0.25) is 9.59 Å². The highest BCUT2D eigenvalue weighted by Crippen LogP contribution is 2.21. The molecule has 140 valence electrons. The second-order valence-corrected chi connectivity index (χ2v) is 6.01. The van der Waals surface area contributed by atoms with Gasteiger partial charge in [-0.2, -0.15) is 5.10 Å². The summed E-state index contributed by atoms with van der Waals surface area (Å²) in [7, 11) is 0.